The second-order valence-corrected chi connectivity index (χ2v) is 20.6. The predicted octanol–water partition coefficient (Wildman–Crippen LogP) is -0.431. The topological polar surface area (TPSA) is 111 Å². The average Bonchev–Trinajstić information content (AvgIpc) is 2.90. The SMILES string of the molecule is CCC[N+](C)(C)CC(O)CN(CCN(CC(O)C[N+](C)(C)C)CC(O)C[N+](C)(C)CCC)CCN(CC(O)C[N+](C)(C)C)CC(O)C[N+](C)(C)CCC. The molecule has 0 heterocycles. The van der Waals surface area contributed by atoms with Crippen molar-refractivity contribution in [3.63, 3.8) is 0 Å². The molecule has 0 rings (SSSR count). The van der Waals surface area contributed by atoms with Crippen LogP contribution in [-0.2, 0) is 0 Å². The van der Waals surface area contributed by atoms with Crippen LogP contribution < -0.4 is 0 Å². The van der Waals surface area contributed by atoms with Crippen molar-refractivity contribution in [2.45, 2.75) is 70.6 Å². The molecule has 0 spiro atoms. The van der Waals surface area contributed by atoms with Crippen molar-refractivity contribution in [1.82, 2.24) is 14.7 Å². The molecule has 0 aromatic heterocycles. The molecule has 5 unspecified atom stereocenters. The lowest BCUT2D eigenvalue weighted by Crippen LogP contribution is -2.54. The summed E-state index contributed by atoms with van der Waals surface area (Å²) in [4.78, 5) is 6.71. The van der Waals surface area contributed by atoms with Gasteiger partial charge in [0.25, 0.3) is 0 Å². The average molecular weight is 768 g/mol. The van der Waals surface area contributed by atoms with Gasteiger partial charge in [0.2, 0.25) is 0 Å². The van der Waals surface area contributed by atoms with Gasteiger partial charge in [-0.05, 0) is 19.3 Å². The molecule has 5 N–H and O–H groups in total. The van der Waals surface area contributed by atoms with E-state index >= 15 is 0 Å². The van der Waals surface area contributed by atoms with Gasteiger partial charge in [-0.2, -0.15) is 0 Å². The van der Waals surface area contributed by atoms with Gasteiger partial charge in [-0.15, -0.1) is 0 Å². The van der Waals surface area contributed by atoms with Crippen molar-refractivity contribution in [3.05, 3.63) is 0 Å². The van der Waals surface area contributed by atoms with Crippen molar-refractivity contribution in [2.75, 3.05) is 196 Å². The Hall–Kier alpha value is -0.520. The fraction of sp³-hybridized carbons (Fsp3) is 1.00. The lowest BCUT2D eigenvalue weighted by atomic mass is 10.2. The molecule has 0 aromatic carbocycles. The summed E-state index contributed by atoms with van der Waals surface area (Å²) in [5.41, 5.74) is 0. The molecule has 0 aliphatic carbocycles. The molecular formula is C40H95N8O5+5. The Morgan fingerprint density at radius 3 is 0.774 bits per heavy atom. The second kappa shape index (κ2) is 24.3. The van der Waals surface area contributed by atoms with Crippen LogP contribution in [0, 0.1) is 0 Å². The van der Waals surface area contributed by atoms with E-state index in [0.29, 0.717) is 101 Å². The molecule has 13 heteroatoms. The Bertz CT molecular complexity index is 883. The van der Waals surface area contributed by atoms with Crippen LogP contribution in [0.1, 0.15) is 40.0 Å². The summed E-state index contributed by atoms with van der Waals surface area (Å²) in [5, 5.41) is 56.4. The third-order valence-corrected chi connectivity index (χ3v) is 9.93. The number of nitrogens with zero attached hydrogens (tertiary/aromatic N) is 8. The van der Waals surface area contributed by atoms with Crippen molar-refractivity contribution < 1.29 is 47.9 Å². The number of hydrogen-bond acceptors (Lipinski definition) is 8. The maximum absolute atomic E-state index is 11.5. The summed E-state index contributed by atoms with van der Waals surface area (Å²) < 4.78 is 3.53. The largest absolute Gasteiger partial charge is 0.386 e. The summed E-state index contributed by atoms with van der Waals surface area (Å²) in [6, 6.07) is 0. The number of aliphatic hydroxyl groups is 5. The van der Waals surface area contributed by atoms with Crippen molar-refractivity contribution in [2.24, 2.45) is 0 Å². The van der Waals surface area contributed by atoms with Gasteiger partial charge in [-0.1, -0.05) is 20.8 Å². The lowest BCUT2D eigenvalue weighted by Gasteiger charge is -2.37. The van der Waals surface area contributed by atoms with Gasteiger partial charge in [0.1, 0.15) is 63.2 Å². The summed E-state index contributed by atoms with van der Waals surface area (Å²) in [6.07, 6.45) is 0.470. The third-order valence-electron chi connectivity index (χ3n) is 9.93. The molecule has 0 bridgehead atoms. The van der Waals surface area contributed by atoms with E-state index in [2.05, 4.69) is 120 Å². The summed E-state index contributed by atoms with van der Waals surface area (Å²) in [7, 11) is 25.5. The highest BCUT2D eigenvalue weighted by atomic mass is 16.3. The number of likely N-dealkylation sites (N-methyl/N-ethyl adjacent to an activating group) is 5. The Labute approximate surface area is 328 Å². The van der Waals surface area contributed by atoms with E-state index in [9.17, 15) is 25.5 Å². The molecule has 0 amide bonds. The van der Waals surface area contributed by atoms with Gasteiger partial charge in [-0.25, -0.2) is 0 Å². The Kier molecular flexibility index (Phi) is 24.1. The molecule has 0 radical (unpaired) electrons. The van der Waals surface area contributed by atoms with E-state index in [4.69, 9.17) is 0 Å². The minimum absolute atomic E-state index is 0.464. The first-order chi connectivity index (χ1) is 24.1. The van der Waals surface area contributed by atoms with Crippen LogP contribution in [0.15, 0.2) is 0 Å². The minimum atomic E-state index is -0.540. The van der Waals surface area contributed by atoms with E-state index in [1.807, 2.05) is 0 Å². The summed E-state index contributed by atoms with van der Waals surface area (Å²) in [6.45, 7) is 17.6. The number of aliphatic hydroxyl groups excluding tert-OH is 5. The summed E-state index contributed by atoms with van der Waals surface area (Å²) >= 11 is 0. The van der Waals surface area contributed by atoms with Gasteiger partial charge in [0, 0.05) is 58.9 Å². The molecule has 320 valence electrons. The van der Waals surface area contributed by atoms with Crippen LogP contribution in [0.4, 0.5) is 0 Å². The van der Waals surface area contributed by atoms with Crippen molar-refractivity contribution >= 4 is 0 Å². The highest BCUT2D eigenvalue weighted by molar-refractivity contribution is 4.76. The quantitative estimate of drug-likeness (QED) is 0.0588. The van der Waals surface area contributed by atoms with Gasteiger partial charge in [-0.3, -0.25) is 14.7 Å². The molecule has 0 saturated carbocycles. The van der Waals surface area contributed by atoms with E-state index in [0.717, 1.165) is 52.3 Å². The zero-order chi connectivity index (χ0) is 41.3. The molecule has 0 aliphatic rings. The zero-order valence-corrected chi connectivity index (χ0v) is 37.8. The minimum Gasteiger partial charge on any atom is -0.386 e. The monoisotopic (exact) mass is 768 g/mol. The molecular weight excluding hydrogens is 672 g/mol. The predicted molar refractivity (Wildman–Crippen MR) is 222 cm³/mol. The van der Waals surface area contributed by atoms with Crippen LogP contribution in [0.25, 0.3) is 0 Å². The first-order valence-electron chi connectivity index (χ1n) is 20.7. The summed E-state index contributed by atoms with van der Waals surface area (Å²) in [5.74, 6) is 0. The van der Waals surface area contributed by atoms with E-state index < -0.39 is 30.5 Å². The molecule has 0 aromatic rings. The first kappa shape index (κ1) is 52.5. The molecule has 0 saturated heterocycles. The highest BCUT2D eigenvalue weighted by Crippen LogP contribution is 2.10. The van der Waals surface area contributed by atoms with Crippen molar-refractivity contribution in [3.8, 4) is 0 Å². The van der Waals surface area contributed by atoms with E-state index in [1.54, 1.807) is 0 Å². The lowest BCUT2D eigenvalue weighted by molar-refractivity contribution is -0.893. The standard InChI is InChI=1S/C40H95N8O5/c1-16-23-46(10,11)33-38(51)26-41(19-21-42(27-36(49)31-44(4,5)6)29-39(52)34-47(12,13)24-17-2)20-22-43(28-37(50)32-45(7,8)9)30-40(53)35-48(14,15)25-18-3/h36-40,49-53H,16-35H2,1-15H3/q+5. The molecule has 13 nitrogen and oxygen atoms in total. The normalized spacial score (nSPS) is 16.8. The molecule has 5 atom stereocenters. The molecule has 0 fully saturated rings. The van der Waals surface area contributed by atoms with Gasteiger partial charge >= 0.3 is 0 Å². The fourth-order valence-electron chi connectivity index (χ4n) is 8.22. The van der Waals surface area contributed by atoms with Crippen LogP contribution in [0.3, 0.4) is 0 Å². The first-order valence-corrected chi connectivity index (χ1v) is 20.7. The zero-order valence-electron chi connectivity index (χ0n) is 37.8. The maximum Gasteiger partial charge on any atom is 0.115 e. The second-order valence-electron chi connectivity index (χ2n) is 20.6. The number of quaternary nitrogens is 5. The Morgan fingerprint density at radius 2 is 0.547 bits per heavy atom. The third kappa shape index (κ3) is 28.5. The van der Waals surface area contributed by atoms with Gasteiger partial charge in [0.15, 0.2) is 0 Å². The molecule has 53 heavy (non-hydrogen) atoms. The van der Waals surface area contributed by atoms with Crippen molar-refractivity contribution in [1.29, 1.82) is 0 Å². The Morgan fingerprint density at radius 1 is 0.340 bits per heavy atom. The van der Waals surface area contributed by atoms with E-state index in [1.165, 1.54) is 0 Å². The van der Waals surface area contributed by atoms with Crippen LogP contribution >= 0.6 is 0 Å². The highest BCUT2D eigenvalue weighted by Gasteiger charge is 2.29. The Balaban J connectivity index is 6.29. The molecule has 0 aliphatic heterocycles. The van der Waals surface area contributed by atoms with E-state index in [-0.39, 0.29) is 0 Å². The van der Waals surface area contributed by atoms with Crippen LogP contribution in [0.2, 0.25) is 0 Å². The van der Waals surface area contributed by atoms with Crippen LogP contribution in [-0.4, -0.2) is 289 Å². The number of rotatable bonds is 32. The smallest absolute Gasteiger partial charge is 0.115 e. The number of hydrogen-bond donors (Lipinski definition) is 5. The van der Waals surface area contributed by atoms with Crippen LogP contribution in [0.5, 0.6) is 0 Å². The van der Waals surface area contributed by atoms with Gasteiger partial charge in [0.05, 0.1) is 104 Å². The fourth-order valence-corrected chi connectivity index (χ4v) is 8.22. The van der Waals surface area contributed by atoms with Gasteiger partial charge < -0.3 is 47.9 Å². The maximum atomic E-state index is 11.5.